The maximum atomic E-state index is 13.1. The predicted molar refractivity (Wildman–Crippen MR) is 224 cm³/mol. The first kappa shape index (κ1) is 47.3. The number of unbranched alkanes of at least 4 members (excludes halogenated alkanes) is 17. The molecule has 0 saturated carbocycles. The normalized spacial score (nSPS) is 13.3. The molecule has 3 N–H and O–H groups in total. The van der Waals surface area contributed by atoms with Crippen LogP contribution in [0.4, 0.5) is 5.82 Å². The van der Waals surface area contributed by atoms with Crippen LogP contribution in [0.2, 0.25) is 0 Å². The lowest BCUT2D eigenvalue weighted by molar-refractivity contribution is -0.161. The third-order valence-corrected chi connectivity index (χ3v) is 11.1. The van der Waals surface area contributed by atoms with Gasteiger partial charge in [-0.2, -0.15) is 0 Å². The molecule has 13 heteroatoms. The zero-order valence-corrected chi connectivity index (χ0v) is 35.5. The van der Waals surface area contributed by atoms with Crippen LogP contribution in [0.15, 0.2) is 24.3 Å². The Balaban J connectivity index is 1.54. The molecule has 1 unspecified atom stereocenters. The summed E-state index contributed by atoms with van der Waals surface area (Å²) in [5.41, 5.74) is 8.41. The van der Waals surface area contributed by atoms with Gasteiger partial charge in [0.05, 0.1) is 24.2 Å². The number of aromatic nitrogens is 3. The summed E-state index contributed by atoms with van der Waals surface area (Å²) in [5.74, 6) is 0.246. The highest BCUT2D eigenvalue weighted by atomic mass is 31.2. The lowest BCUT2D eigenvalue weighted by Gasteiger charge is -2.20. The number of aryl methyl sites for hydroxylation is 1. The minimum absolute atomic E-state index is 0.161. The van der Waals surface area contributed by atoms with E-state index in [4.69, 9.17) is 29.2 Å². The lowest BCUT2D eigenvalue weighted by Crippen LogP contribution is -2.29. The van der Waals surface area contributed by atoms with Crippen molar-refractivity contribution in [2.45, 2.75) is 181 Å². The Labute approximate surface area is 335 Å². The molecule has 12 nitrogen and oxygen atoms in total. The summed E-state index contributed by atoms with van der Waals surface area (Å²) in [5, 5.41) is 0.870. The minimum Gasteiger partial charge on any atom is -0.462 e. The number of phosphoric ester groups is 1. The standard InChI is InChI=1S/C43H71N4O8P/c1-4-7-10-12-14-16-18-20-22-29-39(48)52-33-35(55-40(49)30-23-21-19-17-15-13-11-8-5-2)34-54-56(50,51)53-32-31-47-38(28-9-6-3)46-41-42(47)36-26-24-25-27-37(36)45-43(41)44/h24-27,35H,4-23,28-34H2,1-3H3,(H2,44,45)(H,50,51)/t35-/m1/s1. The van der Waals surface area contributed by atoms with Crippen molar-refractivity contribution in [3.05, 3.63) is 30.1 Å². The van der Waals surface area contributed by atoms with Crippen molar-refractivity contribution in [3.8, 4) is 0 Å². The first-order valence-corrected chi connectivity index (χ1v) is 23.2. The zero-order chi connectivity index (χ0) is 40.4. The Morgan fingerprint density at radius 1 is 0.732 bits per heavy atom. The number of anilines is 1. The van der Waals surface area contributed by atoms with Crippen LogP contribution >= 0.6 is 7.82 Å². The van der Waals surface area contributed by atoms with Crippen LogP contribution in [0.25, 0.3) is 21.9 Å². The molecule has 0 amide bonds. The highest BCUT2D eigenvalue weighted by Gasteiger charge is 2.27. The Kier molecular flexibility index (Phi) is 23.3. The van der Waals surface area contributed by atoms with E-state index in [1.165, 1.54) is 70.6 Å². The van der Waals surface area contributed by atoms with E-state index >= 15 is 0 Å². The van der Waals surface area contributed by atoms with Gasteiger partial charge in [0.15, 0.2) is 11.9 Å². The van der Waals surface area contributed by atoms with Crippen LogP contribution in [0, 0.1) is 0 Å². The van der Waals surface area contributed by atoms with E-state index < -0.39 is 32.5 Å². The summed E-state index contributed by atoms with van der Waals surface area (Å²) in [6.07, 6.45) is 22.2. The third-order valence-electron chi connectivity index (χ3n) is 10.1. The average molecular weight is 803 g/mol. The van der Waals surface area contributed by atoms with Gasteiger partial charge < -0.3 is 24.7 Å². The number of para-hydroxylation sites is 1. The Morgan fingerprint density at radius 3 is 1.89 bits per heavy atom. The summed E-state index contributed by atoms with van der Waals surface area (Å²) in [6, 6.07) is 7.65. The molecule has 2 aromatic heterocycles. The number of nitrogen functional groups attached to an aromatic ring is 1. The number of nitrogens with zero attached hydrogens (tertiary/aromatic N) is 3. The number of nitrogens with two attached hydrogens (primary N) is 1. The van der Waals surface area contributed by atoms with Gasteiger partial charge in [-0.3, -0.25) is 18.6 Å². The van der Waals surface area contributed by atoms with Gasteiger partial charge in [-0.15, -0.1) is 0 Å². The number of pyridine rings is 1. The Bertz CT molecular complexity index is 1620. The maximum absolute atomic E-state index is 13.1. The van der Waals surface area contributed by atoms with Crippen molar-refractivity contribution >= 4 is 47.5 Å². The van der Waals surface area contributed by atoms with Crippen LogP contribution in [-0.2, 0) is 45.6 Å². The van der Waals surface area contributed by atoms with Crippen LogP contribution in [0.1, 0.15) is 168 Å². The summed E-state index contributed by atoms with van der Waals surface area (Å²) in [7, 11) is -4.59. The fourth-order valence-corrected chi connectivity index (χ4v) is 7.65. The monoisotopic (exact) mass is 803 g/mol. The van der Waals surface area contributed by atoms with Crippen molar-refractivity contribution in [3.63, 3.8) is 0 Å². The van der Waals surface area contributed by atoms with Gasteiger partial charge in [-0.25, -0.2) is 14.5 Å². The number of fused-ring (bicyclic) bond motifs is 3. The van der Waals surface area contributed by atoms with Crippen LogP contribution in [-0.4, -0.2) is 57.3 Å². The van der Waals surface area contributed by atoms with E-state index in [2.05, 4.69) is 25.8 Å². The Morgan fingerprint density at radius 2 is 1.29 bits per heavy atom. The molecule has 0 bridgehead atoms. The molecule has 3 aromatic rings. The molecule has 3 rings (SSSR count). The molecule has 0 fully saturated rings. The van der Waals surface area contributed by atoms with Gasteiger partial charge >= 0.3 is 19.8 Å². The van der Waals surface area contributed by atoms with Crippen molar-refractivity contribution in [2.75, 3.05) is 25.6 Å². The van der Waals surface area contributed by atoms with Gasteiger partial charge in [-0.05, 0) is 25.3 Å². The molecule has 0 radical (unpaired) electrons. The number of esters is 2. The molecule has 2 atom stereocenters. The number of hydrogen-bond donors (Lipinski definition) is 2. The molecule has 0 aliphatic carbocycles. The number of imidazole rings is 1. The second kappa shape index (κ2) is 27.6. The van der Waals surface area contributed by atoms with Crippen LogP contribution in [0.3, 0.4) is 0 Å². The highest BCUT2D eigenvalue weighted by Crippen LogP contribution is 2.43. The smallest absolute Gasteiger partial charge is 0.462 e. The van der Waals surface area contributed by atoms with E-state index in [1.807, 2.05) is 28.8 Å². The van der Waals surface area contributed by atoms with E-state index in [0.717, 1.165) is 73.6 Å². The minimum atomic E-state index is -4.59. The molecule has 0 aliphatic heterocycles. The predicted octanol–water partition coefficient (Wildman–Crippen LogP) is 10.9. The van der Waals surface area contributed by atoms with E-state index in [1.54, 1.807) is 0 Å². The number of hydrogen-bond acceptors (Lipinski definition) is 10. The largest absolute Gasteiger partial charge is 0.472 e. The van der Waals surface area contributed by atoms with Crippen LogP contribution < -0.4 is 5.73 Å². The van der Waals surface area contributed by atoms with Gasteiger partial charge in [0, 0.05) is 31.2 Å². The van der Waals surface area contributed by atoms with Crippen molar-refractivity contribution in [1.29, 1.82) is 0 Å². The summed E-state index contributed by atoms with van der Waals surface area (Å²) in [4.78, 5) is 45.4. The van der Waals surface area contributed by atoms with Crippen molar-refractivity contribution in [1.82, 2.24) is 14.5 Å². The molecule has 1 aromatic carbocycles. The quantitative estimate of drug-likeness (QED) is 0.0342. The number of phosphoric acid groups is 1. The lowest BCUT2D eigenvalue weighted by atomic mass is 10.1. The van der Waals surface area contributed by atoms with Gasteiger partial charge in [0.1, 0.15) is 17.9 Å². The second-order valence-corrected chi connectivity index (χ2v) is 16.5. The molecular formula is C43H71N4O8P. The first-order chi connectivity index (χ1) is 27.2. The molecule has 0 saturated heterocycles. The molecular weight excluding hydrogens is 731 g/mol. The van der Waals surface area contributed by atoms with E-state index in [0.29, 0.717) is 24.2 Å². The number of benzene rings is 1. The summed E-state index contributed by atoms with van der Waals surface area (Å²) >= 11 is 0. The molecule has 56 heavy (non-hydrogen) atoms. The highest BCUT2D eigenvalue weighted by molar-refractivity contribution is 7.47. The van der Waals surface area contributed by atoms with Gasteiger partial charge in [0.25, 0.3) is 0 Å². The number of carbonyl (C=O) groups is 2. The topological polar surface area (TPSA) is 165 Å². The van der Waals surface area contributed by atoms with Crippen LogP contribution in [0.5, 0.6) is 0 Å². The van der Waals surface area contributed by atoms with Crippen molar-refractivity contribution < 1.29 is 37.6 Å². The molecule has 316 valence electrons. The average Bonchev–Trinajstić information content (AvgIpc) is 3.55. The fourth-order valence-electron chi connectivity index (χ4n) is 6.91. The number of rotatable bonds is 33. The van der Waals surface area contributed by atoms with Gasteiger partial charge in [-0.1, -0.05) is 148 Å². The zero-order valence-electron chi connectivity index (χ0n) is 34.6. The number of carbonyl (C=O) groups excluding carboxylic acids is 2. The second-order valence-electron chi connectivity index (χ2n) is 15.0. The van der Waals surface area contributed by atoms with E-state index in [-0.39, 0.29) is 32.6 Å². The molecule has 0 spiro atoms. The molecule has 0 aliphatic rings. The summed E-state index contributed by atoms with van der Waals surface area (Å²) in [6.45, 7) is 5.83. The first-order valence-electron chi connectivity index (χ1n) is 21.7. The molecule has 2 heterocycles. The maximum Gasteiger partial charge on any atom is 0.472 e. The van der Waals surface area contributed by atoms with E-state index in [9.17, 15) is 19.0 Å². The SMILES string of the molecule is CCCCCCCCCCCC(=O)OC[C@H](COP(=O)(O)OCCn1c(CCCC)nc2c(N)nc3ccccc3c21)OC(=O)CCCCCCCCCCC. The number of ether oxygens (including phenoxy) is 2. The van der Waals surface area contributed by atoms with Crippen molar-refractivity contribution in [2.24, 2.45) is 0 Å². The summed E-state index contributed by atoms with van der Waals surface area (Å²) < 4.78 is 36.9. The van der Waals surface area contributed by atoms with Gasteiger partial charge in [0.2, 0.25) is 0 Å². The Hall–Kier alpha value is -3.05. The fraction of sp³-hybridized carbons (Fsp3) is 0.721. The third kappa shape index (κ3) is 18.0.